The first-order valence-corrected chi connectivity index (χ1v) is 7.13. The van der Waals surface area contributed by atoms with E-state index in [4.69, 9.17) is 9.47 Å². The average molecular weight is 272 g/mol. The van der Waals surface area contributed by atoms with Gasteiger partial charge in [0.25, 0.3) is 0 Å². The Morgan fingerprint density at radius 3 is 3.05 bits per heavy atom. The second-order valence-electron chi connectivity index (χ2n) is 6.25. The summed E-state index contributed by atoms with van der Waals surface area (Å²) >= 11 is 0. The van der Waals surface area contributed by atoms with Crippen LogP contribution in [-0.4, -0.2) is 24.3 Å². The minimum absolute atomic E-state index is 0.0440. The van der Waals surface area contributed by atoms with E-state index in [0.29, 0.717) is 6.79 Å². The number of nitrogens with zero attached hydrogens (tertiary/aromatic N) is 2. The van der Waals surface area contributed by atoms with E-state index >= 15 is 0 Å². The van der Waals surface area contributed by atoms with Gasteiger partial charge in [-0.3, -0.25) is 4.90 Å². The van der Waals surface area contributed by atoms with Crippen molar-refractivity contribution in [1.29, 1.82) is 5.26 Å². The maximum atomic E-state index is 9.52. The van der Waals surface area contributed by atoms with Crippen molar-refractivity contribution in [3.63, 3.8) is 0 Å². The third-order valence-electron chi connectivity index (χ3n) is 4.35. The van der Waals surface area contributed by atoms with Gasteiger partial charge in [-0.05, 0) is 30.9 Å². The molecule has 20 heavy (non-hydrogen) atoms. The third-order valence-corrected chi connectivity index (χ3v) is 4.35. The van der Waals surface area contributed by atoms with Crippen LogP contribution in [0, 0.1) is 16.7 Å². The number of benzene rings is 1. The van der Waals surface area contributed by atoms with Crippen LogP contribution in [0.1, 0.15) is 32.3 Å². The van der Waals surface area contributed by atoms with Gasteiger partial charge in [0.15, 0.2) is 11.5 Å². The second kappa shape index (κ2) is 4.99. The number of ether oxygens (including phenoxy) is 2. The van der Waals surface area contributed by atoms with Gasteiger partial charge in [0, 0.05) is 12.1 Å². The highest BCUT2D eigenvalue weighted by atomic mass is 16.7. The van der Waals surface area contributed by atoms with E-state index in [1.54, 1.807) is 0 Å². The molecule has 2 aliphatic rings. The van der Waals surface area contributed by atoms with Crippen LogP contribution in [0.25, 0.3) is 0 Å². The van der Waals surface area contributed by atoms with Gasteiger partial charge in [0.2, 0.25) is 6.79 Å². The van der Waals surface area contributed by atoms with Crippen molar-refractivity contribution in [2.45, 2.75) is 39.3 Å². The zero-order valence-corrected chi connectivity index (χ0v) is 12.1. The summed E-state index contributed by atoms with van der Waals surface area (Å²) in [4.78, 5) is 2.26. The molecule has 1 aromatic rings. The van der Waals surface area contributed by atoms with Crippen molar-refractivity contribution < 1.29 is 9.47 Å². The van der Waals surface area contributed by atoms with Crippen LogP contribution >= 0.6 is 0 Å². The number of hydrogen-bond donors (Lipinski definition) is 0. The minimum atomic E-state index is -0.0468. The van der Waals surface area contributed by atoms with Crippen molar-refractivity contribution in [3.05, 3.63) is 23.8 Å². The molecule has 0 N–H and O–H groups in total. The normalized spacial score (nSPS) is 24.4. The van der Waals surface area contributed by atoms with E-state index in [9.17, 15) is 5.26 Å². The second-order valence-corrected chi connectivity index (χ2v) is 6.25. The maximum absolute atomic E-state index is 9.52. The number of piperidine rings is 1. The molecule has 1 fully saturated rings. The molecule has 0 saturated carbocycles. The molecule has 1 unspecified atom stereocenters. The van der Waals surface area contributed by atoms with Crippen LogP contribution in [-0.2, 0) is 6.54 Å². The van der Waals surface area contributed by atoms with Crippen LogP contribution in [0.4, 0.5) is 0 Å². The average Bonchev–Trinajstić information content (AvgIpc) is 2.87. The summed E-state index contributed by atoms with van der Waals surface area (Å²) < 4.78 is 11.0. The predicted molar refractivity (Wildman–Crippen MR) is 75.4 cm³/mol. The molecule has 0 spiro atoms. The SMILES string of the molecule is CC1(C)CCCN(Cc2cccc3c2OCO3)C1C#N. The zero-order chi connectivity index (χ0) is 14.2. The molecule has 106 valence electrons. The fraction of sp³-hybridized carbons (Fsp3) is 0.562. The topological polar surface area (TPSA) is 45.5 Å². The van der Waals surface area contributed by atoms with Gasteiger partial charge in [0.1, 0.15) is 6.04 Å². The molecule has 4 nitrogen and oxygen atoms in total. The summed E-state index contributed by atoms with van der Waals surface area (Å²) in [5.74, 6) is 1.65. The standard InChI is InChI=1S/C16H20N2O2/c1-16(2)7-4-8-18(14(16)9-17)10-12-5-3-6-13-15(12)20-11-19-13/h3,5-6,14H,4,7-8,10-11H2,1-2H3. The van der Waals surface area contributed by atoms with Crippen molar-refractivity contribution in [1.82, 2.24) is 4.90 Å². The number of likely N-dealkylation sites (tertiary alicyclic amines) is 1. The highest BCUT2D eigenvalue weighted by Crippen LogP contribution is 2.39. The molecule has 2 heterocycles. The van der Waals surface area contributed by atoms with Crippen LogP contribution in [0.15, 0.2) is 18.2 Å². The van der Waals surface area contributed by atoms with E-state index < -0.39 is 0 Å². The van der Waals surface area contributed by atoms with Crippen molar-refractivity contribution >= 4 is 0 Å². The van der Waals surface area contributed by atoms with Crippen molar-refractivity contribution in [2.75, 3.05) is 13.3 Å². The Kier molecular flexibility index (Phi) is 3.31. The van der Waals surface area contributed by atoms with E-state index in [0.717, 1.165) is 43.0 Å². The Balaban J connectivity index is 1.84. The summed E-state index contributed by atoms with van der Waals surface area (Å²) in [6, 6.07) is 8.41. The third kappa shape index (κ3) is 2.23. The van der Waals surface area contributed by atoms with Gasteiger partial charge < -0.3 is 9.47 Å². The molecular formula is C16H20N2O2. The molecule has 0 aliphatic carbocycles. The molecule has 1 saturated heterocycles. The fourth-order valence-corrected chi connectivity index (χ4v) is 3.26. The van der Waals surface area contributed by atoms with Gasteiger partial charge in [-0.2, -0.15) is 5.26 Å². The Bertz CT molecular complexity index is 548. The van der Waals surface area contributed by atoms with Gasteiger partial charge >= 0.3 is 0 Å². The van der Waals surface area contributed by atoms with Crippen molar-refractivity contribution in [2.24, 2.45) is 5.41 Å². The molecule has 0 radical (unpaired) electrons. The molecule has 3 rings (SSSR count). The largest absolute Gasteiger partial charge is 0.454 e. The Labute approximate surface area is 119 Å². The lowest BCUT2D eigenvalue weighted by molar-refractivity contribution is 0.0653. The van der Waals surface area contributed by atoms with E-state index in [2.05, 4.69) is 30.9 Å². The number of para-hydroxylation sites is 1. The molecule has 0 bridgehead atoms. The Hall–Kier alpha value is -1.73. The van der Waals surface area contributed by atoms with E-state index in [1.807, 2.05) is 12.1 Å². The van der Waals surface area contributed by atoms with Gasteiger partial charge in [-0.25, -0.2) is 0 Å². The van der Waals surface area contributed by atoms with Crippen molar-refractivity contribution in [3.8, 4) is 17.6 Å². The highest BCUT2D eigenvalue weighted by Gasteiger charge is 2.38. The molecule has 2 aliphatic heterocycles. The lowest BCUT2D eigenvalue weighted by Crippen LogP contribution is -2.48. The highest BCUT2D eigenvalue weighted by molar-refractivity contribution is 5.48. The quantitative estimate of drug-likeness (QED) is 0.830. The number of hydrogen-bond acceptors (Lipinski definition) is 4. The van der Waals surface area contributed by atoms with Crippen LogP contribution < -0.4 is 9.47 Å². The first kappa shape index (κ1) is 13.3. The van der Waals surface area contributed by atoms with E-state index in [-0.39, 0.29) is 11.5 Å². The summed E-state index contributed by atoms with van der Waals surface area (Å²) in [5, 5.41) is 9.52. The molecule has 0 amide bonds. The summed E-state index contributed by atoms with van der Waals surface area (Å²) in [5.41, 5.74) is 1.15. The predicted octanol–water partition coefficient (Wildman–Crippen LogP) is 2.93. The Morgan fingerprint density at radius 2 is 2.25 bits per heavy atom. The Morgan fingerprint density at radius 1 is 1.40 bits per heavy atom. The monoisotopic (exact) mass is 272 g/mol. The first-order chi connectivity index (χ1) is 9.62. The lowest BCUT2D eigenvalue weighted by Gasteiger charge is -2.42. The molecule has 4 heteroatoms. The lowest BCUT2D eigenvalue weighted by atomic mass is 9.77. The van der Waals surface area contributed by atoms with Crippen LogP contribution in [0.3, 0.4) is 0 Å². The molecule has 1 atom stereocenters. The number of rotatable bonds is 2. The molecule has 0 aromatic heterocycles. The van der Waals surface area contributed by atoms with Gasteiger partial charge in [0.05, 0.1) is 6.07 Å². The smallest absolute Gasteiger partial charge is 0.231 e. The summed E-state index contributed by atoms with van der Waals surface area (Å²) in [6.07, 6.45) is 2.24. The molecule has 1 aromatic carbocycles. The molecular weight excluding hydrogens is 252 g/mol. The maximum Gasteiger partial charge on any atom is 0.231 e. The number of nitriles is 1. The zero-order valence-electron chi connectivity index (χ0n) is 12.1. The van der Waals surface area contributed by atoms with E-state index in [1.165, 1.54) is 0 Å². The summed E-state index contributed by atoms with van der Waals surface area (Å²) in [6.45, 7) is 6.37. The summed E-state index contributed by atoms with van der Waals surface area (Å²) in [7, 11) is 0. The van der Waals surface area contributed by atoms with Crippen LogP contribution in [0.5, 0.6) is 11.5 Å². The fourth-order valence-electron chi connectivity index (χ4n) is 3.26. The first-order valence-electron chi connectivity index (χ1n) is 7.13. The van der Waals surface area contributed by atoms with Crippen LogP contribution in [0.2, 0.25) is 0 Å². The van der Waals surface area contributed by atoms with Gasteiger partial charge in [-0.15, -0.1) is 0 Å². The van der Waals surface area contributed by atoms with Gasteiger partial charge in [-0.1, -0.05) is 26.0 Å². The minimum Gasteiger partial charge on any atom is -0.454 e. The number of fused-ring (bicyclic) bond motifs is 1.